The highest BCUT2D eigenvalue weighted by Gasteiger charge is 2.13. The SMILES string of the molecule is O=C(OCCCc1cccnc1)c1cncc(C(=O)OCCCc2cccnc2)c1. The van der Waals surface area contributed by atoms with E-state index in [1.165, 1.54) is 18.5 Å². The quantitative estimate of drug-likeness (QED) is 0.377. The maximum atomic E-state index is 12.2. The fraction of sp³-hybridized carbons (Fsp3) is 0.261. The normalized spacial score (nSPS) is 10.4. The number of nitrogens with zero attached hydrogens (tertiary/aromatic N) is 3. The van der Waals surface area contributed by atoms with E-state index in [9.17, 15) is 9.59 Å². The van der Waals surface area contributed by atoms with Gasteiger partial charge in [0.25, 0.3) is 0 Å². The van der Waals surface area contributed by atoms with Crippen molar-refractivity contribution in [2.24, 2.45) is 0 Å². The summed E-state index contributed by atoms with van der Waals surface area (Å²) in [6, 6.07) is 9.14. The van der Waals surface area contributed by atoms with Crippen LogP contribution in [0.25, 0.3) is 0 Å². The third-order valence-corrected chi connectivity index (χ3v) is 4.34. The van der Waals surface area contributed by atoms with Crippen molar-refractivity contribution in [3.8, 4) is 0 Å². The highest BCUT2D eigenvalue weighted by atomic mass is 16.5. The molecule has 3 aromatic rings. The molecule has 0 aliphatic carbocycles. The highest BCUT2D eigenvalue weighted by Crippen LogP contribution is 2.09. The van der Waals surface area contributed by atoms with Gasteiger partial charge in [-0.3, -0.25) is 15.0 Å². The summed E-state index contributed by atoms with van der Waals surface area (Å²) < 4.78 is 10.5. The van der Waals surface area contributed by atoms with Gasteiger partial charge in [-0.25, -0.2) is 9.59 Å². The number of carbonyl (C=O) groups is 2. The van der Waals surface area contributed by atoms with Crippen LogP contribution < -0.4 is 0 Å². The summed E-state index contributed by atoms with van der Waals surface area (Å²) >= 11 is 0. The monoisotopic (exact) mass is 405 g/mol. The van der Waals surface area contributed by atoms with E-state index in [0.717, 1.165) is 24.0 Å². The molecule has 0 bridgehead atoms. The van der Waals surface area contributed by atoms with Crippen LogP contribution in [0.4, 0.5) is 0 Å². The van der Waals surface area contributed by atoms with E-state index in [1.54, 1.807) is 24.8 Å². The molecule has 0 atom stereocenters. The Labute approximate surface area is 175 Å². The molecule has 0 spiro atoms. The minimum atomic E-state index is -0.514. The average Bonchev–Trinajstić information content (AvgIpc) is 2.81. The smallest absolute Gasteiger partial charge is 0.339 e. The lowest BCUT2D eigenvalue weighted by Gasteiger charge is -2.07. The van der Waals surface area contributed by atoms with Crippen LogP contribution in [0.1, 0.15) is 44.7 Å². The van der Waals surface area contributed by atoms with Gasteiger partial charge >= 0.3 is 11.9 Å². The maximum Gasteiger partial charge on any atom is 0.339 e. The molecule has 0 unspecified atom stereocenters. The van der Waals surface area contributed by atoms with Gasteiger partial charge in [-0.15, -0.1) is 0 Å². The maximum absolute atomic E-state index is 12.2. The number of aromatic nitrogens is 3. The van der Waals surface area contributed by atoms with Gasteiger partial charge in [-0.1, -0.05) is 12.1 Å². The Kier molecular flexibility index (Phi) is 8.02. The van der Waals surface area contributed by atoms with Crippen molar-refractivity contribution in [2.75, 3.05) is 13.2 Å². The molecule has 0 N–H and O–H groups in total. The van der Waals surface area contributed by atoms with Crippen molar-refractivity contribution < 1.29 is 19.1 Å². The lowest BCUT2D eigenvalue weighted by atomic mass is 10.1. The average molecular weight is 405 g/mol. The number of esters is 2. The summed E-state index contributed by atoms with van der Waals surface area (Å²) in [6.07, 6.45) is 12.7. The molecule has 7 heteroatoms. The van der Waals surface area contributed by atoms with Crippen molar-refractivity contribution in [1.29, 1.82) is 0 Å². The van der Waals surface area contributed by atoms with E-state index in [1.807, 2.05) is 24.3 Å². The first-order valence-electron chi connectivity index (χ1n) is 9.79. The van der Waals surface area contributed by atoms with Crippen molar-refractivity contribution in [3.05, 3.63) is 89.8 Å². The number of pyridine rings is 3. The predicted molar refractivity (Wildman–Crippen MR) is 110 cm³/mol. The predicted octanol–water partition coefficient (Wildman–Crippen LogP) is 3.45. The van der Waals surface area contributed by atoms with E-state index in [0.29, 0.717) is 12.8 Å². The Morgan fingerprint density at radius 2 is 1.20 bits per heavy atom. The second-order valence-electron chi connectivity index (χ2n) is 6.66. The van der Waals surface area contributed by atoms with Gasteiger partial charge in [0.15, 0.2) is 0 Å². The van der Waals surface area contributed by atoms with E-state index in [4.69, 9.17) is 9.47 Å². The van der Waals surface area contributed by atoms with Crippen LogP contribution in [0, 0.1) is 0 Å². The van der Waals surface area contributed by atoms with Crippen LogP contribution in [0.15, 0.2) is 67.5 Å². The van der Waals surface area contributed by atoms with E-state index in [-0.39, 0.29) is 24.3 Å². The van der Waals surface area contributed by atoms with Gasteiger partial charge in [0.1, 0.15) is 0 Å². The van der Waals surface area contributed by atoms with E-state index in [2.05, 4.69) is 15.0 Å². The molecule has 0 aliphatic rings. The molecule has 3 aromatic heterocycles. The topological polar surface area (TPSA) is 91.3 Å². The molecule has 0 saturated carbocycles. The molecule has 0 radical (unpaired) electrons. The molecule has 3 rings (SSSR count). The summed E-state index contributed by atoms with van der Waals surface area (Å²) in [5.41, 5.74) is 2.62. The lowest BCUT2D eigenvalue weighted by molar-refractivity contribution is 0.0498. The summed E-state index contributed by atoms with van der Waals surface area (Å²) in [5, 5.41) is 0. The molecule has 3 heterocycles. The Morgan fingerprint density at radius 3 is 1.63 bits per heavy atom. The van der Waals surface area contributed by atoms with Crippen molar-refractivity contribution in [3.63, 3.8) is 0 Å². The zero-order chi connectivity index (χ0) is 21.0. The number of hydrogen-bond acceptors (Lipinski definition) is 7. The Hall–Kier alpha value is -3.61. The second kappa shape index (κ2) is 11.4. The molecule has 0 fully saturated rings. The molecule has 30 heavy (non-hydrogen) atoms. The minimum Gasteiger partial charge on any atom is -0.462 e. The van der Waals surface area contributed by atoms with Crippen molar-refractivity contribution in [2.45, 2.75) is 25.7 Å². The van der Waals surface area contributed by atoms with Gasteiger partial charge in [-0.2, -0.15) is 0 Å². The number of aryl methyl sites for hydroxylation is 2. The summed E-state index contributed by atoms with van der Waals surface area (Å²) in [4.78, 5) is 36.5. The number of carbonyl (C=O) groups excluding carboxylic acids is 2. The third kappa shape index (κ3) is 6.77. The zero-order valence-corrected chi connectivity index (χ0v) is 16.6. The second-order valence-corrected chi connectivity index (χ2v) is 6.66. The first-order chi connectivity index (χ1) is 14.7. The molecular formula is C23H23N3O4. The van der Waals surface area contributed by atoms with Crippen LogP contribution in [0.5, 0.6) is 0 Å². The summed E-state index contributed by atoms with van der Waals surface area (Å²) in [6.45, 7) is 0.549. The lowest BCUT2D eigenvalue weighted by Crippen LogP contribution is -2.11. The highest BCUT2D eigenvalue weighted by molar-refractivity contribution is 5.94. The summed E-state index contributed by atoms with van der Waals surface area (Å²) in [7, 11) is 0. The molecule has 0 saturated heterocycles. The first kappa shape index (κ1) is 21.1. The van der Waals surface area contributed by atoms with Gasteiger partial charge in [0, 0.05) is 37.2 Å². The largest absolute Gasteiger partial charge is 0.462 e. The van der Waals surface area contributed by atoms with Crippen molar-refractivity contribution in [1.82, 2.24) is 15.0 Å². The molecule has 0 amide bonds. The number of hydrogen-bond donors (Lipinski definition) is 0. The molecule has 0 aliphatic heterocycles. The molecule has 0 aromatic carbocycles. The van der Waals surface area contributed by atoms with Gasteiger partial charge in [0.2, 0.25) is 0 Å². The Morgan fingerprint density at radius 1 is 0.700 bits per heavy atom. The Balaban J connectivity index is 1.41. The fourth-order valence-corrected chi connectivity index (χ4v) is 2.80. The third-order valence-electron chi connectivity index (χ3n) is 4.34. The van der Waals surface area contributed by atoms with E-state index < -0.39 is 11.9 Å². The summed E-state index contributed by atoms with van der Waals surface area (Å²) in [5.74, 6) is -1.03. The van der Waals surface area contributed by atoms with Crippen molar-refractivity contribution >= 4 is 11.9 Å². The molecular weight excluding hydrogens is 382 g/mol. The van der Waals surface area contributed by atoms with Gasteiger partial charge in [0.05, 0.1) is 24.3 Å². The number of ether oxygens (including phenoxy) is 2. The Bertz CT molecular complexity index is 874. The minimum absolute atomic E-state index is 0.223. The standard InChI is InChI=1S/C23H23N3O4/c27-22(29-11-3-7-18-5-1-9-24-14-18)20-13-21(17-26-16-20)23(28)30-12-4-8-19-6-2-10-25-15-19/h1-2,5-6,9-10,13-17H,3-4,7-8,11-12H2. The number of rotatable bonds is 10. The fourth-order valence-electron chi connectivity index (χ4n) is 2.80. The van der Waals surface area contributed by atoms with Crippen LogP contribution in [-0.2, 0) is 22.3 Å². The van der Waals surface area contributed by atoms with Crippen LogP contribution in [-0.4, -0.2) is 40.1 Å². The molecule has 154 valence electrons. The van der Waals surface area contributed by atoms with Crippen LogP contribution in [0.2, 0.25) is 0 Å². The molecule has 7 nitrogen and oxygen atoms in total. The van der Waals surface area contributed by atoms with Crippen LogP contribution in [0.3, 0.4) is 0 Å². The first-order valence-corrected chi connectivity index (χ1v) is 9.79. The van der Waals surface area contributed by atoms with Gasteiger partial charge in [-0.05, 0) is 55.0 Å². The zero-order valence-electron chi connectivity index (χ0n) is 16.6. The van der Waals surface area contributed by atoms with Gasteiger partial charge < -0.3 is 9.47 Å². The van der Waals surface area contributed by atoms with Crippen LogP contribution >= 0.6 is 0 Å². The van der Waals surface area contributed by atoms with E-state index >= 15 is 0 Å².